The number of aromatic nitrogens is 2. The average Bonchev–Trinajstić information content (AvgIpc) is 2.64. The van der Waals surface area contributed by atoms with E-state index in [-0.39, 0.29) is 5.91 Å². The number of rotatable bonds is 6. The summed E-state index contributed by atoms with van der Waals surface area (Å²) < 4.78 is 0. The van der Waals surface area contributed by atoms with E-state index in [2.05, 4.69) is 29.0 Å². The molecule has 2 aromatic heterocycles. The van der Waals surface area contributed by atoms with Gasteiger partial charge in [0.15, 0.2) is 0 Å². The van der Waals surface area contributed by atoms with E-state index in [0.29, 0.717) is 19.5 Å². The number of carbonyl (C=O) groups is 1. The summed E-state index contributed by atoms with van der Waals surface area (Å²) in [6.45, 7) is 3.14. The first-order valence-corrected chi connectivity index (χ1v) is 8.33. The van der Waals surface area contributed by atoms with Crippen LogP contribution in [0, 0.1) is 6.92 Å². The van der Waals surface area contributed by atoms with Gasteiger partial charge in [-0.1, -0.05) is 36.4 Å². The van der Waals surface area contributed by atoms with Gasteiger partial charge in [-0.3, -0.25) is 14.8 Å². The molecular formula is C21H21N3O. The van der Waals surface area contributed by atoms with Crippen LogP contribution in [0.1, 0.15) is 22.4 Å². The summed E-state index contributed by atoms with van der Waals surface area (Å²) in [7, 11) is 0. The van der Waals surface area contributed by atoms with Gasteiger partial charge in [-0.15, -0.1) is 0 Å². The second-order valence-corrected chi connectivity index (χ2v) is 6.04. The molecule has 0 aliphatic rings. The van der Waals surface area contributed by atoms with Crippen LogP contribution in [0.3, 0.4) is 0 Å². The number of amides is 1. The first-order valence-electron chi connectivity index (χ1n) is 8.33. The van der Waals surface area contributed by atoms with Crippen LogP contribution in [0.15, 0.2) is 73.2 Å². The van der Waals surface area contributed by atoms with E-state index in [1.54, 1.807) is 18.6 Å². The van der Waals surface area contributed by atoms with Crippen molar-refractivity contribution in [1.82, 2.24) is 14.9 Å². The van der Waals surface area contributed by atoms with E-state index >= 15 is 0 Å². The molecule has 4 heteroatoms. The highest BCUT2D eigenvalue weighted by Crippen LogP contribution is 2.14. The van der Waals surface area contributed by atoms with Gasteiger partial charge in [0.05, 0.1) is 18.7 Å². The topological polar surface area (TPSA) is 46.1 Å². The summed E-state index contributed by atoms with van der Waals surface area (Å²) >= 11 is 0. The van der Waals surface area contributed by atoms with Crippen LogP contribution in [0.2, 0.25) is 0 Å². The molecule has 0 atom stereocenters. The lowest BCUT2D eigenvalue weighted by molar-refractivity contribution is -0.131. The molecule has 0 spiro atoms. The fourth-order valence-corrected chi connectivity index (χ4v) is 2.70. The summed E-state index contributed by atoms with van der Waals surface area (Å²) in [6, 6.07) is 17.7. The zero-order valence-corrected chi connectivity index (χ0v) is 14.3. The molecule has 4 nitrogen and oxygen atoms in total. The SMILES string of the molecule is Cc1ccccc1CN(Cc1ccccn1)C(=O)Cc1cccnc1. The Morgan fingerprint density at radius 3 is 2.52 bits per heavy atom. The van der Waals surface area contributed by atoms with Crippen molar-refractivity contribution in [2.45, 2.75) is 26.4 Å². The number of aryl methyl sites for hydroxylation is 1. The van der Waals surface area contributed by atoms with Crippen molar-refractivity contribution in [2.75, 3.05) is 0 Å². The highest BCUT2D eigenvalue weighted by molar-refractivity contribution is 5.78. The lowest BCUT2D eigenvalue weighted by Crippen LogP contribution is -2.32. The van der Waals surface area contributed by atoms with E-state index in [1.807, 2.05) is 47.4 Å². The van der Waals surface area contributed by atoms with Gasteiger partial charge >= 0.3 is 0 Å². The molecular weight excluding hydrogens is 310 g/mol. The van der Waals surface area contributed by atoms with Crippen molar-refractivity contribution >= 4 is 5.91 Å². The van der Waals surface area contributed by atoms with Gasteiger partial charge in [-0.25, -0.2) is 0 Å². The Hall–Kier alpha value is -3.01. The predicted molar refractivity (Wildman–Crippen MR) is 97.6 cm³/mol. The molecule has 2 heterocycles. The number of carbonyl (C=O) groups excluding carboxylic acids is 1. The van der Waals surface area contributed by atoms with Gasteiger partial charge in [0.25, 0.3) is 0 Å². The van der Waals surface area contributed by atoms with Crippen molar-refractivity contribution < 1.29 is 4.79 Å². The maximum atomic E-state index is 12.9. The molecule has 0 saturated carbocycles. The smallest absolute Gasteiger partial charge is 0.227 e. The second-order valence-electron chi connectivity index (χ2n) is 6.04. The number of benzene rings is 1. The molecule has 0 aliphatic carbocycles. The van der Waals surface area contributed by atoms with Gasteiger partial charge in [0.2, 0.25) is 5.91 Å². The van der Waals surface area contributed by atoms with Crippen LogP contribution in [0.5, 0.6) is 0 Å². The molecule has 1 aromatic carbocycles. The monoisotopic (exact) mass is 331 g/mol. The first kappa shape index (κ1) is 16.8. The van der Waals surface area contributed by atoms with Crippen molar-refractivity contribution in [1.29, 1.82) is 0 Å². The first-order chi connectivity index (χ1) is 12.2. The summed E-state index contributed by atoms with van der Waals surface area (Å²) in [5.41, 5.74) is 4.14. The largest absolute Gasteiger partial charge is 0.332 e. The Balaban J connectivity index is 1.80. The molecule has 3 rings (SSSR count). The summed E-state index contributed by atoms with van der Waals surface area (Å²) in [5.74, 6) is 0.0712. The second kappa shape index (κ2) is 8.20. The Morgan fingerprint density at radius 2 is 1.80 bits per heavy atom. The summed E-state index contributed by atoms with van der Waals surface area (Å²) in [5, 5.41) is 0. The standard InChI is InChI=1S/C21H21N3O/c1-17-7-2-3-9-19(17)15-24(16-20-10-4-5-12-23-20)21(25)13-18-8-6-11-22-14-18/h2-12,14H,13,15-16H2,1H3. The van der Waals surface area contributed by atoms with E-state index < -0.39 is 0 Å². The van der Waals surface area contributed by atoms with Crippen molar-refractivity contribution in [3.8, 4) is 0 Å². The molecule has 0 radical (unpaired) electrons. The Bertz CT molecular complexity index is 819. The lowest BCUT2D eigenvalue weighted by Gasteiger charge is -2.23. The Kier molecular flexibility index (Phi) is 5.52. The van der Waals surface area contributed by atoms with Gasteiger partial charge < -0.3 is 4.90 Å². The molecule has 0 bridgehead atoms. The van der Waals surface area contributed by atoms with Crippen LogP contribution in [-0.2, 0) is 24.3 Å². The van der Waals surface area contributed by atoms with Crippen LogP contribution < -0.4 is 0 Å². The van der Waals surface area contributed by atoms with Crippen molar-refractivity contribution in [3.05, 3.63) is 95.6 Å². The average molecular weight is 331 g/mol. The number of pyridine rings is 2. The maximum Gasteiger partial charge on any atom is 0.227 e. The minimum Gasteiger partial charge on any atom is -0.332 e. The molecule has 0 fully saturated rings. The number of hydrogen-bond donors (Lipinski definition) is 0. The van der Waals surface area contributed by atoms with Gasteiger partial charge in [-0.2, -0.15) is 0 Å². The van der Waals surface area contributed by atoms with E-state index in [9.17, 15) is 4.79 Å². The normalized spacial score (nSPS) is 10.4. The minimum atomic E-state index is 0.0712. The summed E-state index contributed by atoms with van der Waals surface area (Å²) in [4.78, 5) is 23.2. The zero-order valence-electron chi connectivity index (χ0n) is 14.3. The van der Waals surface area contributed by atoms with Gasteiger partial charge in [0, 0.05) is 25.1 Å². The summed E-state index contributed by atoms with van der Waals surface area (Å²) in [6.07, 6.45) is 5.55. The van der Waals surface area contributed by atoms with Crippen LogP contribution in [0.4, 0.5) is 0 Å². The van der Waals surface area contributed by atoms with E-state index in [0.717, 1.165) is 16.8 Å². The van der Waals surface area contributed by atoms with Crippen molar-refractivity contribution in [3.63, 3.8) is 0 Å². The lowest BCUT2D eigenvalue weighted by atomic mass is 10.1. The van der Waals surface area contributed by atoms with Gasteiger partial charge in [-0.05, 0) is 41.8 Å². The van der Waals surface area contributed by atoms with Gasteiger partial charge in [0.1, 0.15) is 0 Å². The highest BCUT2D eigenvalue weighted by atomic mass is 16.2. The molecule has 0 unspecified atom stereocenters. The molecule has 0 N–H and O–H groups in total. The highest BCUT2D eigenvalue weighted by Gasteiger charge is 2.16. The quantitative estimate of drug-likeness (QED) is 0.694. The molecule has 126 valence electrons. The fraction of sp³-hybridized carbons (Fsp3) is 0.190. The van der Waals surface area contributed by atoms with Crippen molar-refractivity contribution in [2.24, 2.45) is 0 Å². The Morgan fingerprint density at radius 1 is 0.960 bits per heavy atom. The molecule has 0 saturated heterocycles. The number of hydrogen-bond acceptors (Lipinski definition) is 3. The van der Waals surface area contributed by atoms with E-state index in [1.165, 1.54) is 5.56 Å². The molecule has 1 amide bonds. The number of nitrogens with zero attached hydrogens (tertiary/aromatic N) is 3. The van der Waals surface area contributed by atoms with Crippen LogP contribution in [0.25, 0.3) is 0 Å². The Labute approximate surface area is 148 Å². The van der Waals surface area contributed by atoms with Crippen LogP contribution in [-0.4, -0.2) is 20.8 Å². The maximum absolute atomic E-state index is 12.9. The minimum absolute atomic E-state index is 0.0712. The third-order valence-corrected chi connectivity index (χ3v) is 4.13. The molecule has 3 aromatic rings. The molecule has 0 aliphatic heterocycles. The fourth-order valence-electron chi connectivity index (χ4n) is 2.70. The third kappa shape index (κ3) is 4.73. The van der Waals surface area contributed by atoms with E-state index in [4.69, 9.17) is 0 Å². The third-order valence-electron chi connectivity index (χ3n) is 4.13. The zero-order chi connectivity index (χ0) is 17.5. The predicted octanol–water partition coefficient (Wildman–Crippen LogP) is 3.56. The van der Waals surface area contributed by atoms with Crippen LogP contribution >= 0.6 is 0 Å². The molecule has 25 heavy (non-hydrogen) atoms.